The maximum Gasteiger partial charge on any atom is 0.262 e. The molecule has 4 aromatic heterocycles. The van der Waals surface area contributed by atoms with Crippen molar-refractivity contribution in [2.45, 2.75) is 32.9 Å². The van der Waals surface area contributed by atoms with Crippen LogP contribution < -0.4 is 20.8 Å². The van der Waals surface area contributed by atoms with Crippen molar-refractivity contribution < 1.29 is 18.7 Å². The van der Waals surface area contributed by atoms with Gasteiger partial charge in [0.25, 0.3) is 5.91 Å². The third-order valence-corrected chi connectivity index (χ3v) is 6.47. The fraction of sp³-hybridized carbons (Fsp3) is 0.233. The smallest absolute Gasteiger partial charge is 0.262 e. The topological polar surface area (TPSA) is 136 Å². The molecule has 0 spiro atoms. The van der Waals surface area contributed by atoms with Crippen LogP contribution in [0.1, 0.15) is 37.2 Å². The number of carbonyl (C=O) groups excluding carboxylic acids is 1. The molecule has 11 nitrogen and oxygen atoms in total. The predicted octanol–water partition coefficient (Wildman–Crippen LogP) is 5.39. The van der Waals surface area contributed by atoms with E-state index in [0.29, 0.717) is 46.1 Å². The quantitative estimate of drug-likeness (QED) is 0.203. The van der Waals surface area contributed by atoms with Gasteiger partial charge >= 0.3 is 0 Å². The van der Waals surface area contributed by atoms with Gasteiger partial charge in [-0.3, -0.25) is 14.7 Å². The van der Waals surface area contributed by atoms with Crippen LogP contribution in [-0.2, 0) is 4.74 Å². The summed E-state index contributed by atoms with van der Waals surface area (Å²) >= 11 is 0. The Labute approximate surface area is 240 Å². The number of hydrogen-bond acceptors (Lipinski definition) is 8. The highest BCUT2D eigenvalue weighted by Crippen LogP contribution is 2.33. The molecule has 5 rings (SSSR count). The van der Waals surface area contributed by atoms with Crippen molar-refractivity contribution >= 4 is 28.6 Å². The van der Waals surface area contributed by atoms with Crippen molar-refractivity contribution in [3.05, 3.63) is 88.9 Å². The molecule has 4 heterocycles. The number of fused-ring (bicyclic) bond motifs is 1. The number of methoxy groups -OCH3 is 1. The number of benzene rings is 1. The summed E-state index contributed by atoms with van der Waals surface area (Å²) < 4.78 is 26.5. The van der Waals surface area contributed by atoms with Gasteiger partial charge in [0.1, 0.15) is 34.1 Å². The Morgan fingerprint density at radius 3 is 2.55 bits per heavy atom. The second kappa shape index (κ2) is 12.2. The second-order valence-electron chi connectivity index (χ2n) is 10.0. The van der Waals surface area contributed by atoms with Crippen LogP contribution in [-0.4, -0.2) is 50.4 Å². The Morgan fingerprint density at radius 2 is 1.86 bits per heavy atom. The Hall–Kier alpha value is -5.10. The molecular weight excluding hydrogens is 541 g/mol. The molecule has 1 amide bonds. The van der Waals surface area contributed by atoms with Crippen LogP contribution in [0.5, 0.6) is 11.5 Å². The Bertz CT molecular complexity index is 1770. The lowest BCUT2D eigenvalue weighted by Crippen LogP contribution is -2.25. The maximum absolute atomic E-state index is 13.5. The first-order chi connectivity index (χ1) is 20.2. The van der Waals surface area contributed by atoms with Crippen molar-refractivity contribution in [3.63, 3.8) is 0 Å². The van der Waals surface area contributed by atoms with E-state index in [1.54, 1.807) is 42.3 Å². The monoisotopic (exact) mass is 571 g/mol. The van der Waals surface area contributed by atoms with Gasteiger partial charge in [-0.15, -0.1) is 0 Å². The van der Waals surface area contributed by atoms with E-state index in [9.17, 15) is 14.0 Å². The summed E-state index contributed by atoms with van der Waals surface area (Å²) in [6.07, 6.45) is 6.23. The summed E-state index contributed by atoms with van der Waals surface area (Å²) in [6, 6.07) is 10.5. The van der Waals surface area contributed by atoms with E-state index >= 15 is 0 Å². The molecule has 0 aliphatic heterocycles. The number of halogens is 1. The van der Waals surface area contributed by atoms with Gasteiger partial charge in [-0.2, -0.15) is 5.10 Å². The number of H-pyrrole nitrogens is 1. The Balaban J connectivity index is 1.36. The minimum Gasteiger partial charge on any atom is -0.455 e. The Morgan fingerprint density at radius 1 is 1.07 bits per heavy atom. The first kappa shape index (κ1) is 28.4. The van der Waals surface area contributed by atoms with E-state index in [1.807, 2.05) is 20.8 Å². The van der Waals surface area contributed by atoms with Gasteiger partial charge in [-0.05, 0) is 50.6 Å². The summed E-state index contributed by atoms with van der Waals surface area (Å²) in [7, 11) is 1.63. The largest absolute Gasteiger partial charge is 0.455 e. The zero-order chi connectivity index (χ0) is 29.8. The number of nitrogens with one attached hydrogen (secondary N) is 3. The first-order valence-corrected chi connectivity index (χ1v) is 13.3. The standard InChI is InChI=1S/C30H30FN7O4/c1-17(2)38-14-22(19-5-7-20(31)8-6-19)27(39)23(15-38)30(40)35-25-10-9-21(13-33-25)42-24-11-12-32-28-26(24)29(37-36-28)34-18(3)16-41-4/h5-15,17-18H,16H2,1-4H3,(H,33,35,40)(H2,32,34,36,37). The van der Waals surface area contributed by atoms with Gasteiger partial charge in [-0.25, -0.2) is 14.4 Å². The van der Waals surface area contributed by atoms with Gasteiger partial charge in [0.05, 0.1) is 12.8 Å². The molecule has 0 aliphatic carbocycles. The molecule has 1 aromatic carbocycles. The number of carbonyl (C=O) groups is 1. The van der Waals surface area contributed by atoms with Gasteiger partial charge in [-0.1, -0.05) is 12.1 Å². The van der Waals surface area contributed by atoms with Gasteiger partial charge in [0.15, 0.2) is 11.5 Å². The molecular formula is C30H30FN7O4. The average Bonchev–Trinajstić information content (AvgIpc) is 3.38. The third kappa shape index (κ3) is 6.13. The molecule has 216 valence electrons. The summed E-state index contributed by atoms with van der Waals surface area (Å²) in [4.78, 5) is 35.1. The molecule has 0 aliphatic rings. The molecule has 42 heavy (non-hydrogen) atoms. The molecule has 12 heteroatoms. The number of amides is 1. The van der Waals surface area contributed by atoms with Crippen LogP contribution in [0.25, 0.3) is 22.2 Å². The van der Waals surface area contributed by atoms with Crippen LogP contribution in [0.3, 0.4) is 0 Å². The zero-order valence-corrected chi connectivity index (χ0v) is 23.5. The van der Waals surface area contributed by atoms with Gasteiger partial charge < -0.3 is 24.7 Å². The van der Waals surface area contributed by atoms with E-state index < -0.39 is 17.2 Å². The van der Waals surface area contributed by atoms with E-state index in [2.05, 4.69) is 30.8 Å². The SMILES string of the molecule is COCC(C)Nc1n[nH]c2nccc(Oc3ccc(NC(=O)c4cn(C(C)C)cc(-c5ccc(F)cc5)c4=O)nc3)c12. The van der Waals surface area contributed by atoms with Crippen molar-refractivity contribution in [3.8, 4) is 22.6 Å². The van der Waals surface area contributed by atoms with Crippen LogP contribution in [0.15, 0.2) is 72.0 Å². The van der Waals surface area contributed by atoms with E-state index in [-0.39, 0.29) is 23.5 Å². The summed E-state index contributed by atoms with van der Waals surface area (Å²) in [5.74, 6) is 0.694. The van der Waals surface area contributed by atoms with Crippen LogP contribution >= 0.6 is 0 Å². The average molecular weight is 572 g/mol. The van der Waals surface area contributed by atoms with Gasteiger partial charge in [0.2, 0.25) is 5.43 Å². The maximum atomic E-state index is 13.5. The molecule has 1 atom stereocenters. The number of aromatic amines is 1. The number of rotatable bonds is 10. The number of anilines is 2. The van der Waals surface area contributed by atoms with Crippen LogP contribution in [0, 0.1) is 5.82 Å². The van der Waals surface area contributed by atoms with Crippen molar-refractivity contribution in [2.24, 2.45) is 0 Å². The molecule has 0 fully saturated rings. The predicted molar refractivity (Wildman–Crippen MR) is 158 cm³/mol. The fourth-order valence-corrected chi connectivity index (χ4v) is 4.35. The zero-order valence-electron chi connectivity index (χ0n) is 23.5. The summed E-state index contributed by atoms with van der Waals surface area (Å²) in [5.41, 5.74) is 0.823. The molecule has 1 unspecified atom stereocenters. The molecule has 5 aromatic rings. The molecule has 3 N–H and O–H groups in total. The molecule has 0 bridgehead atoms. The first-order valence-electron chi connectivity index (χ1n) is 13.3. The fourth-order valence-electron chi connectivity index (χ4n) is 4.35. The Kier molecular flexibility index (Phi) is 8.25. The number of hydrogen-bond donors (Lipinski definition) is 3. The van der Waals surface area contributed by atoms with Crippen molar-refractivity contribution in [1.82, 2.24) is 24.7 Å². The highest BCUT2D eigenvalue weighted by Gasteiger charge is 2.19. The number of pyridine rings is 3. The molecule has 0 saturated heterocycles. The minimum absolute atomic E-state index is 0.000144. The van der Waals surface area contributed by atoms with E-state index in [4.69, 9.17) is 9.47 Å². The minimum atomic E-state index is -0.616. The summed E-state index contributed by atoms with van der Waals surface area (Å²) in [6.45, 7) is 6.32. The summed E-state index contributed by atoms with van der Waals surface area (Å²) in [5, 5.41) is 13.8. The highest BCUT2D eigenvalue weighted by molar-refractivity contribution is 6.04. The molecule has 0 radical (unpaired) electrons. The van der Waals surface area contributed by atoms with Crippen molar-refractivity contribution in [1.29, 1.82) is 0 Å². The second-order valence-corrected chi connectivity index (χ2v) is 10.0. The lowest BCUT2D eigenvalue weighted by molar-refractivity contribution is 0.102. The normalized spacial score (nSPS) is 12.0. The van der Waals surface area contributed by atoms with Gasteiger partial charge in [0, 0.05) is 49.4 Å². The lowest BCUT2D eigenvalue weighted by Gasteiger charge is -2.15. The number of aromatic nitrogens is 5. The third-order valence-electron chi connectivity index (χ3n) is 6.47. The van der Waals surface area contributed by atoms with E-state index in [0.717, 1.165) is 0 Å². The van der Waals surface area contributed by atoms with Crippen molar-refractivity contribution in [2.75, 3.05) is 24.4 Å². The number of nitrogens with zero attached hydrogens (tertiary/aromatic N) is 4. The number of ether oxygens (including phenoxy) is 2. The molecule has 0 saturated carbocycles. The highest BCUT2D eigenvalue weighted by atomic mass is 19.1. The van der Waals surface area contributed by atoms with Crippen LogP contribution in [0.2, 0.25) is 0 Å². The lowest BCUT2D eigenvalue weighted by atomic mass is 10.0. The van der Waals surface area contributed by atoms with Crippen LogP contribution in [0.4, 0.5) is 16.0 Å². The van der Waals surface area contributed by atoms with E-state index in [1.165, 1.54) is 36.7 Å².